The van der Waals surface area contributed by atoms with Gasteiger partial charge in [-0.15, -0.1) is 5.10 Å². The van der Waals surface area contributed by atoms with Crippen LogP contribution in [0.5, 0.6) is 0 Å². The topological polar surface area (TPSA) is 138 Å². The van der Waals surface area contributed by atoms with E-state index in [1.807, 2.05) is 0 Å². The molecule has 2 atom stereocenters. The maximum absolute atomic E-state index is 13.8. The molecule has 0 fully saturated rings. The Bertz CT molecular complexity index is 1630. The first-order valence-electron chi connectivity index (χ1n) is 10.9. The molecule has 4 aromatic rings. The third-order valence-electron chi connectivity index (χ3n) is 5.79. The molecule has 11 nitrogen and oxygen atoms in total. The number of carbonyl (C=O) groups excluding carboxylic acids is 1. The summed E-state index contributed by atoms with van der Waals surface area (Å²) in [6, 6.07) is 10.1. The van der Waals surface area contributed by atoms with Gasteiger partial charge in [-0.3, -0.25) is 28.2 Å². The minimum Gasteiger partial charge on any atom is -0.355 e. The highest BCUT2D eigenvalue weighted by atomic mass is 31.2. The van der Waals surface area contributed by atoms with Gasteiger partial charge in [0.05, 0.1) is 29.5 Å². The number of benzene rings is 2. The number of nitrogens with one attached hydrogen (secondary N) is 1. The van der Waals surface area contributed by atoms with Crippen molar-refractivity contribution in [3.05, 3.63) is 82.2 Å². The molecule has 0 aliphatic carbocycles. The molecule has 38 heavy (non-hydrogen) atoms. The van der Waals surface area contributed by atoms with Crippen LogP contribution in [0.25, 0.3) is 22.0 Å². The van der Waals surface area contributed by atoms with Gasteiger partial charge in [0.15, 0.2) is 5.69 Å². The lowest BCUT2D eigenvalue weighted by Gasteiger charge is -2.17. The number of hydrogen-bond donors (Lipinski definition) is 2. The molecule has 0 bridgehead atoms. The normalized spacial score (nSPS) is 14.2. The standard InChI is InChI=1S/C23H21F3N5O6P/c1-13(14-5-4-6-16(9-14)21(32)27-2)30-12-28-19-10-15(7-8-17(19)22(30)33)18-11-29-31(20(18)23(24,25)26)37-38(34,35)36-3/h4-13H,1-3H3,(H,27,32)(H,34,35)/t13-/m1/s1. The minimum atomic E-state index is -5.02. The summed E-state index contributed by atoms with van der Waals surface area (Å²) in [6.45, 7) is 1.75. The van der Waals surface area contributed by atoms with Gasteiger partial charge in [-0.1, -0.05) is 23.0 Å². The third kappa shape index (κ3) is 5.19. The van der Waals surface area contributed by atoms with Gasteiger partial charge in [0.1, 0.15) is 0 Å². The lowest BCUT2D eigenvalue weighted by molar-refractivity contribution is -0.149. The van der Waals surface area contributed by atoms with Crippen molar-refractivity contribution in [1.82, 2.24) is 24.8 Å². The van der Waals surface area contributed by atoms with Crippen molar-refractivity contribution >= 4 is 24.6 Å². The Morgan fingerprint density at radius 1 is 1.21 bits per heavy atom. The zero-order valence-electron chi connectivity index (χ0n) is 20.1. The Kier molecular flexibility index (Phi) is 7.15. The zero-order valence-corrected chi connectivity index (χ0v) is 21.0. The summed E-state index contributed by atoms with van der Waals surface area (Å²) in [5, 5.41) is 6.11. The van der Waals surface area contributed by atoms with Gasteiger partial charge in [-0.05, 0) is 42.3 Å². The quantitative estimate of drug-likeness (QED) is 0.334. The highest BCUT2D eigenvalue weighted by Gasteiger charge is 2.41. The number of phosphoric acid groups is 1. The lowest BCUT2D eigenvalue weighted by atomic mass is 10.0. The summed E-state index contributed by atoms with van der Waals surface area (Å²) >= 11 is 0. The minimum absolute atomic E-state index is 0.0131. The third-order valence-corrected chi connectivity index (χ3v) is 6.61. The molecule has 0 spiro atoms. The predicted octanol–water partition coefficient (Wildman–Crippen LogP) is 3.42. The number of phosphoric ester groups is 1. The van der Waals surface area contributed by atoms with Crippen LogP contribution in [0.3, 0.4) is 0 Å². The lowest BCUT2D eigenvalue weighted by Crippen LogP contribution is -2.25. The molecule has 2 aromatic carbocycles. The van der Waals surface area contributed by atoms with Gasteiger partial charge in [0.25, 0.3) is 11.5 Å². The number of nitrogens with zero attached hydrogens (tertiary/aromatic N) is 4. The summed E-state index contributed by atoms with van der Waals surface area (Å²) in [5.74, 6) is -0.286. The van der Waals surface area contributed by atoms with E-state index in [4.69, 9.17) is 0 Å². The van der Waals surface area contributed by atoms with Gasteiger partial charge in [-0.2, -0.15) is 13.2 Å². The summed E-state index contributed by atoms with van der Waals surface area (Å²) in [5.41, 5.74) is -1.19. The van der Waals surface area contributed by atoms with E-state index in [0.717, 1.165) is 13.3 Å². The molecule has 1 amide bonds. The fourth-order valence-corrected chi connectivity index (χ4v) is 4.21. The molecule has 4 rings (SSSR count). The zero-order chi connectivity index (χ0) is 27.8. The Morgan fingerprint density at radius 3 is 2.61 bits per heavy atom. The average Bonchev–Trinajstić information content (AvgIpc) is 3.31. The fraction of sp³-hybridized carbons (Fsp3) is 0.217. The maximum Gasteiger partial charge on any atom is 0.547 e. The average molecular weight is 551 g/mol. The van der Waals surface area contributed by atoms with Crippen LogP contribution in [0.4, 0.5) is 13.2 Å². The van der Waals surface area contributed by atoms with E-state index < -0.39 is 36.9 Å². The predicted molar refractivity (Wildman–Crippen MR) is 129 cm³/mol. The first-order valence-corrected chi connectivity index (χ1v) is 12.4. The van der Waals surface area contributed by atoms with Crippen LogP contribution < -0.4 is 15.5 Å². The van der Waals surface area contributed by atoms with Crippen LogP contribution in [0.1, 0.15) is 34.6 Å². The molecule has 0 radical (unpaired) electrons. The van der Waals surface area contributed by atoms with Crippen molar-refractivity contribution in [2.24, 2.45) is 0 Å². The first kappa shape index (κ1) is 27.0. The SMILES string of the molecule is CNC(=O)c1cccc([C@@H](C)n2cnc3cc(-c4cnn(OP(=O)(O)OC)c4C(F)(F)F)ccc3c2=O)c1. The largest absolute Gasteiger partial charge is 0.547 e. The van der Waals surface area contributed by atoms with Crippen molar-refractivity contribution in [2.45, 2.75) is 19.1 Å². The van der Waals surface area contributed by atoms with Crippen LogP contribution in [0.15, 0.2) is 59.8 Å². The van der Waals surface area contributed by atoms with E-state index in [1.165, 1.54) is 36.1 Å². The van der Waals surface area contributed by atoms with Crippen LogP contribution >= 0.6 is 7.82 Å². The summed E-state index contributed by atoms with van der Waals surface area (Å²) in [6.07, 6.45) is -2.95. The van der Waals surface area contributed by atoms with E-state index >= 15 is 0 Å². The number of halogens is 3. The van der Waals surface area contributed by atoms with Crippen LogP contribution in [-0.4, -0.2) is 44.5 Å². The summed E-state index contributed by atoms with van der Waals surface area (Å²) in [7, 11) is -2.55. The van der Waals surface area contributed by atoms with E-state index in [1.54, 1.807) is 31.2 Å². The highest BCUT2D eigenvalue weighted by molar-refractivity contribution is 7.47. The fourth-order valence-electron chi connectivity index (χ4n) is 3.82. The molecule has 2 heterocycles. The number of alkyl halides is 3. The Labute approximate surface area is 213 Å². The first-order chi connectivity index (χ1) is 17.9. The number of carbonyl (C=O) groups is 1. The molecule has 0 saturated heterocycles. The second kappa shape index (κ2) is 10.0. The van der Waals surface area contributed by atoms with Crippen molar-refractivity contribution < 1.29 is 36.6 Å². The second-order valence-corrected chi connectivity index (χ2v) is 9.55. The van der Waals surface area contributed by atoms with E-state index in [-0.39, 0.29) is 27.2 Å². The summed E-state index contributed by atoms with van der Waals surface area (Å²) < 4.78 is 63.1. The number of amides is 1. The molecule has 0 saturated carbocycles. The number of fused-ring (bicyclic) bond motifs is 1. The Hall–Kier alpha value is -4.00. The molecular formula is C23H21F3N5O6P. The van der Waals surface area contributed by atoms with Crippen molar-refractivity contribution in [2.75, 3.05) is 14.2 Å². The molecule has 1 unspecified atom stereocenters. The maximum atomic E-state index is 13.8. The van der Waals surface area contributed by atoms with Crippen molar-refractivity contribution in [3.8, 4) is 11.1 Å². The van der Waals surface area contributed by atoms with Crippen LogP contribution in [0, 0.1) is 0 Å². The van der Waals surface area contributed by atoms with Crippen molar-refractivity contribution in [3.63, 3.8) is 0 Å². The Balaban J connectivity index is 1.76. The molecule has 0 aliphatic rings. The second-order valence-electron chi connectivity index (χ2n) is 8.08. The summed E-state index contributed by atoms with van der Waals surface area (Å²) in [4.78, 5) is 38.8. The number of rotatable bonds is 7. The van der Waals surface area contributed by atoms with Gasteiger partial charge in [0.2, 0.25) is 0 Å². The van der Waals surface area contributed by atoms with E-state index in [2.05, 4.69) is 24.5 Å². The van der Waals surface area contributed by atoms with Crippen LogP contribution in [0.2, 0.25) is 0 Å². The van der Waals surface area contributed by atoms with Gasteiger partial charge in [0, 0.05) is 25.3 Å². The smallest absolute Gasteiger partial charge is 0.355 e. The molecule has 2 aromatic heterocycles. The highest BCUT2D eigenvalue weighted by Crippen LogP contribution is 2.42. The monoisotopic (exact) mass is 551 g/mol. The van der Waals surface area contributed by atoms with Crippen molar-refractivity contribution in [1.29, 1.82) is 0 Å². The number of aromatic nitrogens is 4. The molecular weight excluding hydrogens is 530 g/mol. The van der Waals surface area contributed by atoms with Gasteiger partial charge < -0.3 is 5.32 Å². The molecule has 0 aliphatic heterocycles. The Morgan fingerprint density at radius 2 is 1.95 bits per heavy atom. The molecule has 15 heteroatoms. The van der Waals surface area contributed by atoms with Gasteiger partial charge >= 0.3 is 14.0 Å². The number of hydrogen-bond acceptors (Lipinski definition) is 7. The molecule has 2 N–H and O–H groups in total. The van der Waals surface area contributed by atoms with Gasteiger partial charge in [-0.25, -0.2) is 9.55 Å². The van der Waals surface area contributed by atoms with Crippen LogP contribution in [-0.2, 0) is 15.3 Å². The van der Waals surface area contributed by atoms with E-state index in [9.17, 15) is 32.2 Å². The van der Waals surface area contributed by atoms with E-state index in [0.29, 0.717) is 11.1 Å². The molecule has 200 valence electrons.